The van der Waals surface area contributed by atoms with Gasteiger partial charge in [0, 0.05) is 11.3 Å². The maximum atomic E-state index is 12.2. The van der Waals surface area contributed by atoms with Gasteiger partial charge in [0.05, 0.1) is 16.6 Å². The zero-order valence-corrected chi connectivity index (χ0v) is 16.9. The first-order chi connectivity index (χ1) is 15.1. The van der Waals surface area contributed by atoms with E-state index >= 15 is 0 Å². The van der Waals surface area contributed by atoms with E-state index < -0.39 is 0 Å². The minimum absolute atomic E-state index is 0.147. The molecule has 0 bridgehead atoms. The Balaban J connectivity index is 1.54. The van der Waals surface area contributed by atoms with E-state index in [2.05, 4.69) is 21.4 Å². The van der Waals surface area contributed by atoms with Gasteiger partial charge in [-0.05, 0) is 48.9 Å². The van der Waals surface area contributed by atoms with E-state index in [0.717, 1.165) is 16.6 Å². The average Bonchev–Trinajstić information content (AvgIpc) is 3.20. The van der Waals surface area contributed by atoms with Crippen molar-refractivity contribution in [3.63, 3.8) is 0 Å². The number of carbonyl (C=O) groups is 1. The molecule has 1 amide bonds. The van der Waals surface area contributed by atoms with E-state index in [1.165, 1.54) is 0 Å². The van der Waals surface area contributed by atoms with E-state index in [0.29, 0.717) is 28.4 Å². The number of aromatic amines is 1. The van der Waals surface area contributed by atoms with Crippen LogP contribution in [0.2, 0.25) is 0 Å². The van der Waals surface area contributed by atoms with Crippen LogP contribution in [0.15, 0.2) is 72.8 Å². The number of hydrogen-bond donors (Lipinski definition) is 2. The Morgan fingerprint density at radius 2 is 1.90 bits per heavy atom. The summed E-state index contributed by atoms with van der Waals surface area (Å²) in [6.45, 7) is 1.86. The number of imidazole rings is 1. The molecule has 6 heteroatoms. The third-order valence-electron chi connectivity index (χ3n) is 4.65. The summed E-state index contributed by atoms with van der Waals surface area (Å²) in [6, 6.07) is 24.5. The predicted octanol–water partition coefficient (Wildman–Crippen LogP) is 4.95. The molecule has 4 aromatic rings. The molecule has 2 N–H and O–H groups in total. The second-order valence-electron chi connectivity index (χ2n) is 7.02. The van der Waals surface area contributed by atoms with Crippen LogP contribution in [0.5, 0.6) is 5.75 Å². The van der Waals surface area contributed by atoms with Crippen molar-refractivity contribution in [3.8, 4) is 11.8 Å². The van der Waals surface area contributed by atoms with E-state index in [9.17, 15) is 10.1 Å². The van der Waals surface area contributed by atoms with Gasteiger partial charge >= 0.3 is 0 Å². The van der Waals surface area contributed by atoms with Crippen molar-refractivity contribution in [2.24, 2.45) is 0 Å². The van der Waals surface area contributed by atoms with Gasteiger partial charge in [-0.1, -0.05) is 42.5 Å². The van der Waals surface area contributed by atoms with E-state index in [1.54, 1.807) is 12.1 Å². The lowest BCUT2D eigenvalue weighted by Crippen LogP contribution is -2.20. The van der Waals surface area contributed by atoms with Gasteiger partial charge in [-0.2, -0.15) is 5.26 Å². The van der Waals surface area contributed by atoms with Gasteiger partial charge in [-0.15, -0.1) is 0 Å². The van der Waals surface area contributed by atoms with Crippen molar-refractivity contribution in [1.29, 1.82) is 5.26 Å². The third-order valence-corrected chi connectivity index (χ3v) is 4.65. The molecule has 0 fully saturated rings. The van der Waals surface area contributed by atoms with Crippen LogP contribution >= 0.6 is 0 Å². The van der Waals surface area contributed by atoms with Crippen molar-refractivity contribution < 1.29 is 9.53 Å². The van der Waals surface area contributed by atoms with Crippen LogP contribution in [-0.4, -0.2) is 22.5 Å². The molecule has 0 saturated heterocycles. The number of amides is 1. The number of ether oxygens (including phenoxy) is 1. The Bertz CT molecular complexity index is 1300. The van der Waals surface area contributed by atoms with E-state index in [1.807, 2.05) is 73.7 Å². The molecule has 0 atom stereocenters. The quantitative estimate of drug-likeness (QED) is 0.442. The van der Waals surface area contributed by atoms with Crippen LogP contribution in [0.3, 0.4) is 0 Å². The van der Waals surface area contributed by atoms with Crippen molar-refractivity contribution in [1.82, 2.24) is 9.97 Å². The van der Waals surface area contributed by atoms with Gasteiger partial charge in [0.1, 0.15) is 17.6 Å². The molecule has 0 saturated carbocycles. The first-order valence-electron chi connectivity index (χ1n) is 9.77. The molecule has 0 spiro atoms. The summed E-state index contributed by atoms with van der Waals surface area (Å²) in [5.41, 5.74) is 4.54. The number of hydrogen-bond acceptors (Lipinski definition) is 4. The van der Waals surface area contributed by atoms with Gasteiger partial charge in [0.15, 0.2) is 6.61 Å². The lowest BCUT2D eigenvalue weighted by Gasteiger charge is -2.10. The number of aryl methyl sites for hydroxylation is 1. The third kappa shape index (κ3) is 4.80. The van der Waals surface area contributed by atoms with Crippen LogP contribution in [-0.2, 0) is 4.79 Å². The highest BCUT2D eigenvalue weighted by Crippen LogP contribution is 2.25. The summed E-state index contributed by atoms with van der Waals surface area (Å²) >= 11 is 0. The van der Waals surface area contributed by atoms with Gasteiger partial charge in [-0.25, -0.2) is 4.98 Å². The summed E-state index contributed by atoms with van der Waals surface area (Å²) in [5, 5.41) is 12.5. The highest BCUT2D eigenvalue weighted by molar-refractivity contribution is 5.93. The normalized spacial score (nSPS) is 11.2. The van der Waals surface area contributed by atoms with E-state index in [4.69, 9.17) is 4.74 Å². The number of para-hydroxylation sites is 2. The Hall–Kier alpha value is -4.37. The molecule has 0 radical (unpaired) electrons. The molecule has 6 nitrogen and oxygen atoms in total. The molecule has 0 aliphatic rings. The van der Waals surface area contributed by atoms with Gasteiger partial charge < -0.3 is 15.0 Å². The maximum Gasteiger partial charge on any atom is 0.262 e. The fourth-order valence-electron chi connectivity index (χ4n) is 3.15. The summed E-state index contributed by atoms with van der Waals surface area (Å²) < 4.78 is 5.73. The minimum atomic E-state index is -0.266. The van der Waals surface area contributed by atoms with Gasteiger partial charge in [-0.3, -0.25) is 4.79 Å². The number of nitrogens with zero attached hydrogens (tertiary/aromatic N) is 2. The lowest BCUT2D eigenvalue weighted by molar-refractivity contribution is -0.118. The Kier molecular flexibility index (Phi) is 5.77. The lowest BCUT2D eigenvalue weighted by atomic mass is 10.1. The first kappa shape index (κ1) is 19.9. The van der Waals surface area contributed by atoms with Crippen molar-refractivity contribution in [2.75, 3.05) is 11.9 Å². The number of aromatic nitrogens is 2. The predicted molar refractivity (Wildman–Crippen MR) is 121 cm³/mol. The largest absolute Gasteiger partial charge is 0.483 e. The molecular weight excluding hydrogens is 388 g/mol. The van der Waals surface area contributed by atoms with Gasteiger partial charge in [0.2, 0.25) is 0 Å². The molecule has 0 unspecified atom stereocenters. The number of anilines is 1. The van der Waals surface area contributed by atoms with Crippen molar-refractivity contribution in [2.45, 2.75) is 6.92 Å². The molecule has 31 heavy (non-hydrogen) atoms. The SMILES string of the molecule is Cc1ccc2nc(C(C#N)=Cc3ccccc3OCC(=O)Nc3ccccc3)[nH]c2c1. The zero-order chi connectivity index (χ0) is 21.6. The number of rotatable bonds is 6. The Morgan fingerprint density at radius 3 is 2.71 bits per heavy atom. The molecule has 1 aromatic heterocycles. The number of H-pyrrole nitrogens is 1. The molecular formula is C25H20N4O2. The second-order valence-corrected chi connectivity index (χ2v) is 7.02. The fraction of sp³-hybridized carbons (Fsp3) is 0.0800. The summed E-state index contributed by atoms with van der Waals surface area (Å²) in [5.74, 6) is 0.725. The van der Waals surface area contributed by atoms with Crippen molar-refractivity contribution >= 4 is 34.3 Å². The topological polar surface area (TPSA) is 90.8 Å². The standard InChI is InChI=1S/C25H20N4O2/c1-17-11-12-21-22(13-17)29-25(28-21)19(15-26)14-18-7-5-6-10-23(18)31-16-24(30)27-20-8-3-2-4-9-20/h2-14H,16H2,1H3,(H,27,30)(H,28,29). The molecule has 4 rings (SSSR count). The molecule has 152 valence electrons. The van der Waals surface area contributed by atoms with Crippen LogP contribution in [0, 0.1) is 18.3 Å². The second kappa shape index (κ2) is 8.97. The highest BCUT2D eigenvalue weighted by atomic mass is 16.5. The molecule has 0 aliphatic heterocycles. The number of benzene rings is 3. The number of carbonyl (C=O) groups excluding carboxylic acids is 1. The van der Waals surface area contributed by atoms with Gasteiger partial charge in [0.25, 0.3) is 5.91 Å². The van der Waals surface area contributed by atoms with Crippen LogP contribution in [0.1, 0.15) is 17.0 Å². The number of nitriles is 1. The number of nitrogens with one attached hydrogen (secondary N) is 2. The van der Waals surface area contributed by atoms with E-state index in [-0.39, 0.29) is 12.5 Å². The monoisotopic (exact) mass is 408 g/mol. The zero-order valence-electron chi connectivity index (χ0n) is 16.9. The fourth-order valence-corrected chi connectivity index (χ4v) is 3.15. The molecule has 1 heterocycles. The molecule has 0 aliphatic carbocycles. The Morgan fingerprint density at radius 1 is 1.13 bits per heavy atom. The summed E-state index contributed by atoms with van der Waals surface area (Å²) in [4.78, 5) is 19.9. The maximum absolute atomic E-state index is 12.2. The van der Waals surface area contributed by atoms with Crippen LogP contribution in [0.25, 0.3) is 22.7 Å². The van der Waals surface area contributed by atoms with Crippen molar-refractivity contribution in [3.05, 3.63) is 89.7 Å². The van der Waals surface area contributed by atoms with Crippen LogP contribution in [0.4, 0.5) is 5.69 Å². The number of fused-ring (bicyclic) bond motifs is 1. The molecule has 3 aromatic carbocycles. The van der Waals surface area contributed by atoms with Crippen LogP contribution < -0.4 is 10.1 Å². The summed E-state index contributed by atoms with van der Waals surface area (Å²) in [7, 11) is 0. The Labute approximate surface area is 179 Å². The smallest absolute Gasteiger partial charge is 0.262 e. The first-order valence-corrected chi connectivity index (χ1v) is 9.77. The highest BCUT2D eigenvalue weighted by Gasteiger charge is 2.11. The minimum Gasteiger partial charge on any atom is -0.483 e. The average molecular weight is 408 g/mol. The number of allylic oxidation sites excluding steroid dienone is 1. The summed E-state index contributed by atoms with van der Waals surface area (Å²) in [6.07, 6.45) is 1.70.